The van der Waals surface area contributed by atoms with Gasteiger partial charge in [-0.2, -0.15) is 0 Å². The zero-order chi connectivity index (χ0) is 30.8. The standard InChI is InChI=1S/C28H18N2.C13H10NOS.Y/c1-2-8-19-16-25-24(15-18(19)7-1)21-14-13-20(17-26(21)29-25)30-27-11-5-3-9-22(27)23-10-4-6-12-28(23)30;1-14-9-6-7-11-12(13(9)15)8-4-2-3-5-10(8)16-11;/h1-17,29H;2-7,15H,1H3;/q;-1;. The monoisotopic (exact) mass is 699 g/mol. The van der Waals surface area contributed by atoms with Crippen molar-refractivity contribution >= 4 is 91.6 Å². The molecule has 10 aromatic rings. The van der Waals surface area contributed by atoms with Gasteiger partial charge >= 0.3 is 0 Å². The molecule has 0 bridgehead atoms. The third-order valence-corrected chi connectivity index (χ3v) is 10.2. The molecule has 47 heavy (non-hydrogen) atoms. The van der Waals surface area contributed by atoms with Crippen molar-refractivity contribution in [3.05, 3.63) is 145 Å². The van der Waals surface area contributed by atoms with Crippen LogP contribution >= 0.6 is 11.3 Å². The molecule has 0 aliphatic carbocycles. The summed E-state index contributed by atoms with van der Waals surface area (Å²) in [6.07, 6.45) is 0. The zero-order valence-electron chi connectivity index (χ0n) is 25.6. The Morgan fingerprint density at radius 1 is 0.574 bits per heavy atom. The summed E-state index contributed by atoms with van der Waals surface area (Å²) in [6.45, 7) is 0. The van der Waals surface area contributed by atoms with Crippen LogP contribution in [0.3, 0.4) is 0 Å². The molecule has 0 aliphatic heterocycles. The fraction of sp³-hybridized carbons (Fsp3) is 0.0244. The molecule has 2 N–H and O–H groups in total. The summed E-state index contributed by atoms with van der Waals surface area (Å²) in [6, 6.07) is 49.1. The van der Waals surface area contributed by atoms with Gasteiger partial charge in [0.1, 0.15) is 5.75 Å². The number of benzene rings is 7. The molecule has 6 heteroatoms. The molecule has 0 aliphatic rings. The maximum Gasteiger partial charge on any atom is 0.110 e. The number of nitrogens with zero attached hydrogens (tertiary/aromatic N) is 2. The fourth-order valence-electron chi connectivity index (χ4n) is 6.89. The number of rotatable bonds is 2. The van der Waals surface area contributed by atoms with Crippen molar-refractivity contribution in [1.29, 1.82) is 0 Å². The van der Waals surface area contributed by atoms with E-state index in [9.17, 15) is 5.11 Å². The van der Waals surface area contributed by atoms with Gasteiger partial charge in [0, 0.05) is 91.1 Å². The fourth-order valence-corrected chi connectivity index (χ4v) is 8.00. The Hall–Kier alpha value is -4.68. The Morgan fingerprint density at radius 3 is 1.91 bits per heavy atom. The van der Waals surface area contributed by atoms with Crippen LogP contribution in [0.1, 0.15) is 0 Å². The molecule has 0 saturated carbocycles. The second-order valence-corrected chi connectivity index (χ2v) is 12.7. The first-order valence-corrected chi connectivity index (χ1v) is 16.2. The summed E-state index contributed by atoms with van der Waals surface area (Å²) in [7, 11) is 1.69. The van der Waals surface area contributed by atoms with Crippen molar-refractivity contribution in [1.82, 2.24) is 9.55 Å². The second kappa shape index (κ2) is 11.8. The number of aromatic hydroxyl groups is 1. The Balaban J connectivity index is 0.000000162. The number of aromatic amines is 1. The number of phenols is 1. The van der Waals surface area contributed by atoms with Crippen LogP contribution < -0.4 is 0 Å². The summed E-state index contributed by atoms with van der Waals surface area (Å²) in [5.74, 6) is 0.289. The molecular formula is C41H28N3OSY-. The van der Waals surface area contributed by atoms with E-state index in [0.29, 0.717) is 5.69 Å². The topological polar surface area (TPSA) is 55.0 Å². The minimum atomic E-state index is 0. The molecule has 0 spiro atoms. The number of hydrogen-bond acceptors (Lipinski definition) is 2. The molecule has 0 saturated heterocycles. The van der Waals surface area contributed by atoms with Gasteiger partial charge in [-0.15, -0.1) is 18.4 Å². The van der Waals surface area contributed by atoms with E-state index in [4.69, 9.17) is 0 Å². The molecule has 1 radical (unpaired) electrons. The largest absolute Gasteiger partial charge is 0.684 e. The number of hydrogen-bond donors (Lipinski definition) is 2. The van der Waals surface area contributed by atoms with Crippen LogP contribution in [0.2, 0.25) is 0 Å². The van der Waals surface area contributed by atoms with E-state index in [1.54, 1.807) is 18.4 Å². The molecule has 0 unspecified atom stereocenters. The number of H-pyrrole nitrogens is 1. The minimum Gasteiger partial charge on any atom is -0.684 e. The van der Waals surface area contributed by atoms with Gasteiger partial charge in [-0.1, -0.05) is 96.7 Å². The summed E-state index contributed by atoms with van der Waals surface area (Å²) < 4.78 is 4.67. The van der Waals surface area contributed by atoms with E-state index >= 15 is 0 Å². The van der Waals surface area contributed by atoms with Crippen LogP contribution in [0, 0.1) is 0 Å². The first-order valence-electron chi connectivity index (χ1n) is 15.3. The SMILES string of the molecule is C[N-]c1ccc2sc3ccccc3c2c1O.[Y].c1ccc2cc3c(cc2c1)[nH]c1cc(-n2c4ccccc4c4ccccc42)ccc13. The third kappa shape index (κ3) is 4.80. The molecule has 10 rings (SSSR count). The molecule has 0 amide bonds. The van der Waals surface area contributed by atoms with Gasteiger partial charge < -0.3 is 20.0 Å². The Kier molecular flexibility index (Phi) is 7.49. The first-order chi connectivity index (χ1) is 22.7. The molecule has 223 valence electrons. The molecular weight excluding hydrogens is 671 g/mol. The van der Waals surface area contributed by atoms with Crippen LogP contribution in [0.4, 0.5) is 5.69 Å². The first kappa shape index (κ1) is 29.7. The van der Waals surface area contributed by atoms with Crippen molar-refractivity contribution in [2.24, 2.45) is 0 Å². The van der Waals surface area contributed by atoms with Crippen molar-refractivity contribution < 1.29 is 37.8 Å². The number of para-hydroxylation sites is 2. The molecule has 0 atom stereocenters. The second-order valence-electron chi connectivity index (χ2n) is 11.6. The van der Waals surface area contributed by atoms with E-state index in [2.05, 4.69) is 124 Å². The van der Waals surface area contributed by atoms with E-state index in [-0.39, 0.29) is 38.5 Å². The molecule has 7 aromatic carbocycles. The smallest absolute Gasteiger partial charge is 0.110 e. The van der Waals surface area contributed by atoms with Crippen LogP contribution in [-0.2, 0) is 32.7 Å². The third-order valence-electron chi connectivity index (χ3n) is 9.02. The van der Waals surface area contributed by atoms with Crippen LogP contribution in [0.15, 0.2) is 140 Å². The van der Waals surface area contributed by atoms with Crippen molar-refractivity contribution in [3.63, 3.8) is 0 Å². The number of nitrogens with one attached hydrogen (secondary N) is 1. The Morgan fingerprint density at radius 2 is 1.19 bits per heavy atom. The predicted octanol–water partition coefficient (Wildman–Crippen LogP) is 12.0. The van der Waals surface area contributed by atoms with Crippen LogP contribution in [0.25, 0.3) is 85.6 Å². The van der Waals surface area contributed by atoms with Gasteiger partial charge in [0.25, 0.3) is 0 Å². The van der Waals surface area contributed by atoms with E-state index < -0.39 is 0 Å². The van der Waals surface area contributed by atoms with Gasteiger partial charge in [-0.3, -0.25) is 0 Å². The summed E-state index contributed by atoms with van der Waals surface area (Å²) in [4.78, 5) is 3.66. The van der Waals surface area contributed by atoms with Gasteiger partial charge in [0.2, 0.25) is 0 Å². The van der Waals surface area contributed by atoms with Crippen molar-refractivity contribution in [2.45, 2.75) is 0 Å². The Bertz CT molecular complexity index is 2720. The van der Waals surface area contributed by atoms with E-state index in [0.717, 1.165) is 15.5 Å². The predicted molar refractivity (Wildman–Crippen MR) is 198 cm³/mol. The molecule has 3 heterocycles. The van der Waals surface area contributed by atoms with Crippen molar-refractivity contribution in [2.75, 3.05) is 7.05 Å². The zero-order valence-corrected chi connectivity index (χ0v) is 29.3. The number of fused-ring (bicyclic) bond motifs is 10. The Labute approximate surface area is 300 Å². The summed E-state index contributed by atoms with van der Waals surface area (Å²) >= 11 is 1.69. The van der Waals surface area contributed by atoms with Crippen LogP contribution in [-0.4, -0.2) is 21.7 Å². The number of thiophene rings is 1. The normalized spacial score (nSPS) is 11.4. The molecule has 3 aromatic heterocycles. The molecule has 0 fully saturated rings. The van der Waals surface area contributed by atoms with Crippen molar-refractivity contribution in [3.8, 4) is 11.4 Å². The van der Waals surface area contributed by atoms with Gasteiger partial charge in [0.15, 0.2) is 0 Å². The van der Waals surface area contributed by atoms with Gasteiger partial charge in [-0.25, -0.2) is 0 Å². The summed E-state index contributed by atoms with van der Waals surface area (Å²) in [5, 5.41) is 23.9. The quantitative estimate of drug-likeness (QED) is 0.185. The summed E-state index contributed by atoms with van der Waals surface area (Å²) in [5.41, 5.74) is 6.65. The maximum atomic E-state index is 10.1. The average Bonchev–Trinajstić information content (AvgIpc) is 3.77. The molecule has 4 nitrogen and oxygen atoms in total. The van der Waals surface area contributed by atoms with Gasteiger partial charge in [0.05, 0.1) is 11.0 Å². The minimum absolute atomic E-state index is 0. The van der Waals surface area contributed by atoms with Gasteiger partial charge in [-0.05, 0) is 59.3 Å². The van der Waals surface area contributed by atoms with Crippen LogP contribution in [0.5, 0.6) is 5.75 Å². The maximum absolute atomic E-state index is 10.1. The number of aromatic nitrogens is 2. The average molecular weight is 700 g/mol. The number of phenolic OH excluding ortho intramolecular Hbond substituents is 1. The van der Waals surface area contributed by atoms with E-state index in [1.165, 1.54) is 64.8 Å². The van der Waals surface area contributed by atoms with E-state index in [1.807, 2.05) is 30.3 Å².